The third-order valence-corrected chi connectivity index (χ3v) is 2.47. The third kappa shape index (κ3) is 3.32. The second kappa shape index (κ2) is 5.50. The molecule has 1 aromatic carbocycles. The highest BCUT2D eigenvalue weighted by atomic mass is 35.5. The molecule has 0 aliphatic carbocycles. The Morgan fingerprint density at radius 3 is 2.35 bits per heavy atom. The maximum atomic E-state index is 12.6. The van der Waals surface area contributed by atoms with E-state index in [2.05, 4.69) is 15.1 Å². The largest absolute Gasteiger partial charge is 0.379 e. The van der Waals surface area contributed by atoms with Gasteiger partial charge in [-0.25, -0.2) is 4.39 Å². The Morgan fingerprint density at radius 2 is 1.76 bits per heavy atom. The van der Waals surface area contributed by atoms with Gasteiger partial charge in [0, 0.05) is 23.2 Å². The first-order chi connectivity index (χ1) is 8.28. The highest BCUT2D eigenvalue weighted by Crippen LogP contribution is 2.14. The van der Waals surface area contributed by atoms with Gasteiger partial charge in [-0.3, -0.25) is 9.82 Å². The van der Waals surface area contributed by atoms with Crippen LogP contribution in [-0.4, -0.2) is 4.98 Å². The van der Waals surface area contributed by atoms with Crippen LogP contribution in [0.15, 0.2) is 42.6 Å². The Labute approximate surface area is 104 Å². The van der Waals surface area contributed by atoms with Crippen molar-refractivity contribution in [1.82, 2.24) is 4.98 Å². The fraction of sp³-hybridized carbons (Fsp3) is 0.0833. The van der Waals surface area contributed by atoms with Crippen molar-refractivity contribution in [2.45, 2.75) is 6.54 Å². The van der Waals surface area contributed by atoms with Gasteiger partial charge in [-0.1, -0.05) is 0 Å². The molecular weight excluding hydrogens is 241 g/mol. The molecule has 2 aromatic rings. The van der Waals surface area contributed by atoms with Gasteiger partial charge in [0.25, 0.3) is 0 Å². The van der Waals surface area contributed by atoms with Crippen molar-refractivity contribution < 1.29 is 4.39 Å². The second-order valence-corrected chi connectivity index (χ2v) is 3.68. The van der Waals surface area contributed by atoms with E-state index in [1.54, 1.807) is 6.07 Å². The van der Waals surface area contributed by atoms with Gasteiger partial charge in [0.05, 0.1) is 18.4 Å². The van der Waals surface area contributed by atoms with Crippen molar-refractivity contribution in [3.8, 4) is 0 Å². The predicted molar refractivity (Wildman–Crippen MR) is 67.4 cm³/mol. The SMILES string of the molecule is Fc1ccc(CNc2ccc(NCl)cc2)nc1. The number of aromatic nitrogens is 1. The lowest BCUT2D eigenvalue weighted by molar-refractivity contribution is 0.619. The molecule has 17 heavy (non-hydrogen) atoms. The number of hydrogen-bond donors (Lipinski definition) is 2. The summed E-state index contributed by atoms with van der Waals surface area (Å²) in [6, 6.07) is 10.5. The van der Waals surface area contributed by atoms with E-state index in [9.17, 15) is 4.39 Å². The lowest BCUT2D eigenvalue weighted by atomic mass is 10.2. The minimum Gasteiger partial charge on any atom is -0.379 e. The first-order valence-electron chi connectivity index (χ1n) is 5.09. The van der Waals surface area contributed by atoms with Gasteiger partial charge in [-0.05, 0) is 36.4 Å². The summed E-state index contributed by atoms with van der Waals surface area (Å²) >= 11 is 5.45. The van der Waals surface area contributed by atoms with Crippen LogP contribution < -0.4 is 10.2 Å². The van der Waals surface area contributed by atoms with Crippen LogP contribution in [0.5, 0.6) is 0 Å². The summed E-state index contributed by atoms with van der Waals surface area (Å²) in [5, 5.41) is 3.18. The molecule has 0 saturated carbocycles. The van der Waals surface area contributed by atoms with Crippen LogP contribution in [0.2, 0.25) is 0 Å². The van der Waals surface area contributed by atoms with E-state index >= 15 is 0 Å². The van der Waals surface area contributed by atoms with Crippen LogP contribution in [-0.2, 0) is 6.54 Å². The van der Waals surface area contributed by atoms with E-state index in [0.717, 1.165) is 17.1 Å². The number of nitrogens with one attached hydrogen (secondary N) is 2. The molecule has 0 aliphatic rings. The van der Waals surface area contributed by atoms with Crippen LogP contribution in [0.3, 0.4) is 0 Å². The fourth-order valence-electron chi connectivity index (χ4n) is 1.35. The van der Waals surface area contributed by atoms with E-state index in [-0.39, 0.29) is 5.82 Å². The number of anilines is 2. The molecule has 0 amide bonds. The minimum atomic E-state index is -0.328. The first-order valence-corrected chi connectivity index (χ1v) is 5.47. The van der Waals surface area contributed by atoms with Crippen LogP contribution in [0.25, 0.3) is 0 Å². The van der Waals surface area contributed by atoms with Gasteiger partial charge in [-0.15, -0.1) is 0 Å². The van der Waals surface area contributed by atoms with E-state index < -0.39 is 0 Å². The third-order valence-electron chi connectivity index (χ3n) is 2.26. The van der Waals surface area contributed by atoms with Crippen LogP contribution in [0.4, 0.5) is 15.8 Å². The summed E-state index contributed by atoms with van der Waals surface area (Å²) in [4.78, 5) is 6.48. The zero-order valence-electron chi connectivity index (χ0n) is 8.95. The molecule has 3 nitrogen and oxygen atoms in total. The van der Waals surface area contributed by atoms with E-state index in [1.807, 2.05) is 24.3 Å². The fourth-order valence-corrected chi connectivity index (χ4v) is 1.48. The number of pyridine rings is 1. The van der Waals surface area contributed by atoms with Gasteiger partial charge < -0.3 is 5.32 Å². The summed E-state index contributed by atoms with van der Waals surface area (Å²) in [7, 11) is 0. The zero-order valence-corrected chi connectivity index (χ0v) is 9.71. The normalized spacial score (nSPS) is 10.0. The molecule has 0 spiro atoms. The van der Waals surface area contributed by atoms with Crippen molar-refractivity contribution in [2.24, 2.45) is 0 Å². The van der Waals surface area contributed by atoms with Crippen molar-refractivity contribution in [3.63, 3.8) is 0 Å². The Balaban J connectivity index is 1.95. The lowest BCUT2D eigenvalue weighted by Crippen LogP contribution is -2.01. The summed E-state index contributed by atoms with van der Waals surface area (Å²) < 4.78 is 12.6. The van der Waals surface area contributed by atoms with Crippen molar-refractivity contribution in [1.29, 1.82) is 0 Å². The average molecular weight is 252 g/mol. The van der Waals surface area contributed by atoms with E-state index in [0.29, 0.717) is 6.54 Å². The molecule has 88 valence electrons. The smallest absolute Gasteiger partial charge is 0.141 e. The summed E-state index contributed by atoms with van der Waals surface area (Å²) in [5.74, 6) is -0.328. The number of halogens is 2. The topological polar surface area (TPSA) is 37.0 Å². The average Bonchev–Trinajstić information content (AvgIpc) is 2.39. The monoisotopic (exact) mass is 251 g/mol. The molecule has 5 heteroatoms. The van der Waals surface area contributed by atoms with Gasteiger partial charge in [0.2, 0.25) is 0 Å². The number of nitrogens with zero attached hydrogens (tertiary/aromatic N) is 1. The highest BCUT2D eigenvalue weighted by molar-refractivity contribution is 6.23. The standard InChI is InChI=1S/C12H11ClFN3/c13-17-11-5-3-10(4-6-11)16-8-12-2-1-9(14)7-15-12/h1-7,16-17H,8H2. The Morgan fingerprint density at radius 1 is 1.06 bits per heavy atom. The lowest BCUT2D eigenvalue weighted by Gasteiger charge is -2.06. The molecule has 2 rings (SSSR count). The zero-order chi connectivity index (χ0) is 12.1. The van der Waals surface area contributed by atoms with Gasteiger partial charge >= 0.3 is 0 Å². The maximum absolute atomic E-state index is 12.6. The molecule has 0 bridgehead atoms. The molecule has 0 saturated heterocycles. The van der Waals surface area contributed by atoms with E-state index in [4.69, 9.17) is 11.8 Å². The molecule has 1 heterocycles. The number of hydrogen-bond acceptors (Lipinski definition) is 3. The molecule has 0 aliphatic heterocycles. The molecule has 0 fully saturated rings. The maximum Gasteiger partial charge on any atom is 0.141 e. The Bertz CT molecular complexity index is 470. The number of benzene rings is 1. The summed E-state index contributed by atoms with van der Waals surface area (Å²) in [5.41, 5.74) is 2.56. The van der Waals surface area contributed by atoms with Gasteiger partial charge in [-0.2, -0.15) is 0 Å². The molecule has 0 radical (unpaired) electrons. The van der Waals surface area contributed by atoms with Crippen molar-refractivity contribution in [3.05, 3.63) is 54.1 Å². The Kier molecular flexibility index (Phi) is 3.77. The number of rotatable bonds is 4. The minimum absolute atomic E-state index is 0.328. The van der Waals surface area contributed by atoms with Gasteiger partial charge in [0.1, 0.15) is 5.82 Å². The molecule has 0 unspecified atom stereocenters. The first kappa shape index (κ1) is 11.7. The highest BCUT2D eigenvalue weighted by Gasteiger charge is 1.96. The van der Waals surface area contributed by atoms with Gasteiger partial charge in [0.15, 0.2) is 0 Å². The Hall–Kier alpha value is -1.81. The second-order valence-electron chi connectivity index (χ2n) is 3.49. The summed E-state index contributed by atoms with van der Waals surface area (Å²) in [6.45, 7) is 0.550. The van der Waals surface area contributed by atoms with Crippen LogP contribution in [0, 0.1) is 5.82 Å². The van der Waals surface area contributed by atoms with Crippen molar-refractivity contribution >= 4 is 23.2 Å². The molecule has 1 aromatic heterocycles. The summed E-state index contributed by atoms with van der Waals surface area (Å²) in [6.07, 6.45) is 1.21. The predicted octanol–water partition coefficient (Wildman–Crippen LogP) is 3.40. The van der Waals surface area contributed by atoms with Crippen molar-refractivity contribution in [2.75, 3.05) is 10.2 Å². The quantitative estimate of drug-likeness (QED) is 0.818. The van der Waals surface area contributed by atoms with E-state index in [1.165, 1.54) is 12.3 Å². The molecule has 0 atom stereocenters. The molecule has 2 N–H and O–H groups in total. The van der Waals surface area contributed by atoms with Crippen LogP contribution in [0.1, 0.15) is 5.69 Å². The molecular formula is C12H11ClFN3. The van der Waals surface area contributed by atoms with Crippen LogP contribution >= 0.6 is 11.8 Å².